The lowest BCUT2D eigenvalue weighted by atomic mass is 10.1. The summed E-state index contributed by atoms with van der Waals surface area (Å²) < 4.78 is 25.2. The fourth-order valence-corrected chi connectivity index (χ4v) is 3.63. The number of sulfonamides is 1. The second-order valence-corrected chi connectivity index (χ2v) is 7.24. The van der Waals surface area contributed by atoms with Crippen molar-refractivity contribution in [1.82, 2.24) is 9.62 Å². The van der Waals surface area contributed by atoms with E-state index >= 15 is 0 Å². The van der Waals surface area contributed by atoms with E-state index in [9.17, 15) is 13.2 Å². The second-order valence-electron chi connectivity index (χ2n) is 5.30. The Morgan fingerprint density at radius 3 is 2.26 bits per heavy atom. The van der Waals surface area contributed by atoms with E-state index < -0.39 is 10.0 Å². The lowest BCUT2D eigenvalue weighted by molar-refractivity contribution is -0.121. The highest BCUT2D eigenvalue weighted by molar-refractivity contribution is 7.88. The maximum atomic E-state index is 11.9. The smallest absolute Gasteiger partial charge is 0.235 e. The molecule has 0 saturated heterocycles. The maximum Gasteiger partial charge on any atom is 0.235 e. The van der Waals surface area contributed by atoms with Crippen molar-refractivity contribution >= 4 is 15.9 Å². The van der Waals surface area contributed by atoms with Gasteiger partial charge in [-0.1, -0.05) is 32.6 Å². The lowest BCUT2D eigenvalue weighted by Gasteiger charge is -2.28. The van der Waals surface area contributed by atoms with Gasteiger partial charge in [-0.25, -0.2) is 8.42 Å². The molecule has 1 amide bonds. The van der Waals surface area contributed by atoms with Gasteiger partial charge in [0.25, 0.3) is 0 Å². The Labute approximate surface area is 116 Å². The molecule has 1 N–H and O–H groups in total. The fraction of sp³-hybridized carbons (Fsp3) is 0.923. The maximum absolute atomic E-state index is 11.9. The predicted octanol–water partition coefficient (Wildman–Crippen LogP) is 1.50. The molecule has 1 rings (SSSR count). The molecule has 0 aromatic carbocycles. The Morgan fingerprint density at radius 2 is 1.79 bits per heavy atom. The largest absolute Gasteiger partial charge is 0.355 e. The highest BCUT2D eigenvalue weighted by Crippen LogP contribution is 2.23. The van der Waals surface area contributed by atoms with Gasteiger partial charge in [0.15, 0.2) is 0 Å². The zero-order chi connectivity index (χ0) is 14.3. The van der Waals surface area contributed by atoms with E-state index in [2.05, 4.69) is 5.32 Å². The summed E-state index contributed by atoms with van der Waals surface area (Å²) in [6.07, 6.45) is 8.22. The standard InChI is InChI=1S/C13H26N2O3S/c1-3-10-14-13(16)11-15(19(2,17)18)12-8-6-4-5-7-9-12/h12H,3-11H2,1-2H3,(H,14,16). The van der Waals surface area contributed by atoms with Crippen LogP contribution in [0, 0.1) is 0 Å². The number of hydrogen-bond donors (Lipinski definition) is 1. The number of carbonyl (C=O) groups excluding carboxylic acids is 1. The van der Waals surface area contributed by atoms with Crippen molar-refractivity contribution in [3.05, 3.63) is 0 Å². The van der Waals surface area contributed by atoms with Crippen LogP contribution in [0.3, 0.4) is 0 Å². The zero-order valence-corrected chi connectivity index (χ0v) is 12.8. The van der Waals surface area contributed by atoms with E-state index in [1.165, 1.54) is 10.6 Å². The van der Waals surface area contributed by atoms with Gasteiger partial charge in [-0.2, -0.15) is 4.31 Å². The molecule has 0 radical (unpaired) electrons. The molecule has 0 atom stereocenters. The molecular formula is C13H26N2O3S. The van der Waals surface area contributed by atoms with Gasteiger partial charge in [-0.05, 0) is 19.3 Å². The molecule has 1 aliphatic rings. The van der Waals surface area contributed by atoms with Crippen LogP contribution in [0.25, 0.3) is 0 Å². The van der Waals surface area contributed by atoms with Crippen molar-refractivity contribution in [3.63, 3.8) is 0 Å². The van der Waals surface area contributed by atoms with Crippen molar-refractivity contribution < 1.29 is 13.2 Å². The van der Waals surface area contributed by atoms with Crippen LogP contribution in [0.4, 0.5) is 0 Å². The van der Waals surface area contributed by atoms with Gasteiger partial charge in [0.2, 0.25) is 15.9 Å². The molecule has 0 aliphatic heterocycles. The molecule has 0 aromatic rings. The third-order valence-corrected chi connectivity index (χ3v) is 4.81. The van der Waals surface area contributed by atoms with Crippen LogP contribution in [0.2, 0.25) is 0 Å². The summed E-state index contributed by atoms with van der Waals surface area (Å²) in [7, 11) is -3.33. The fourth-order valence-electron chi connectivity index (χ4n) is 2.52. The minimum absolute atomic E-state index is 0.00937. The summed E-state index contributed by atoms with van der Waals surface area (Å²) >= 11 is 0. The van der Waals surface area contributed by atoms with Crippen LogP contribution in [0.5, 0.6) is 0 Å². The van der Waals surface area contributed by atoms with E-state index in [-0.39, 0.29) is 18.5 Å². The van der Waals surface area contributed by atoms with Crippen LogP contribution in [0.1, 0.15) is 51.9 Å². The van der Waals surface area contributed by atoms with Gasteiger partial charge in [-0.15, -0.1) is 0 Å². The van der Waals surface area contributed by atoms with E-state index in [1.807, 2.05) is 6.92 Å². The first kappa shape index (κ1) is 16.4. The molecule has 0 bridgehead atoms. The first-order valence-corrected chi connectivity index (χ1v) is 9.03. The molecule has 112 valence electrons. The number of nitrogens with zero attached hydrogens (tertiary/aromatic N) is 1. The predicted molar refractivity (Wildman–Crippen MR) is 76.3 cm³/mol. The Bertz CT molecular complexity index is 373. The molecule has 1 fully saturated rings. The van der Waals surface area contributed by atoms with Crippen LogP contribution >= 0.6 is 0 Å². The summed E-state index contributed by atoms with van der Waals surface area (Å²) in [5.74, 6) is -0.198. The minimum atomic E-state index is -3.33. The summed E-state index contributed by atoms with van der Waals surface area (Å²) in [5, 5.41) is 2.74. The number of hydrogen-bond acceptors (Lipinski definition) is 3. The third kappa shape index (κ3) is 5.91. The number of carbonyl (C=O) groups is 1. The summed E-state index contributed by atoms with van der Waals surface area (Å²) in [6, 6.07) is -0.00937. The molecule has 0 spiro atoms. The topological polar surface area (TPSA) is 66.5 Å². The van der Waals surface area contributed by atoms with E-state index in [0.717, 1.165) is 44.9 Å². The normalized spacial score (nSPS) is 18.3. The van der Waals surface area contributed by atoms with Crippen LogP contribution < -0.4 is 5.32 Å². The Morgan fingerprint density at radius 1 is 1.21 bits per heavy atom. The van der Waals surface area contributed by atoms with Crippen molar-refractivity contribution in [2.45, 2.75) is 57.9 Å². The molecule has 5 nitrogen and oxygen atoms in total. The van der Waals surface area contributed by atoms with Crippen molar-refractivity contribution in [3.8, 4) is 0 Å². The highest BCUT2D eigenvalue weighted by Gasteiger charge is 2.28. The Kier molecular flexibility index (Phi) is 6.79. The molecular weight excluding hydrogens is 264 g/mol. The van der Waals surface area contributed by atoms with E-state index in [4.69, 9.17) is 0 Å². The Balaban J connectivity index is 2.68. The van der Waals surface area contributed by atoms with Crippen molar-refractivity contribution in [1.29, 1.82) is 0 Å². The zero-order valence-electron chi connectivity index (χ0n) is 12.0. The highest BCUT2D eigenvalue weighted by atomic mass is 32.2. The summed E-state index contributed by atoms with van der Waals surface area (Å²) in [6.45, 7) is 2.53. The average Bonchev–Trinajstić information content (AvgIpc) is 2.60. The van der Waals surface area contributed by atoms with Crippen LogP contribution in [-0.4, -0.2) is 44.0 Å². The molecule has 6 heteroatoms. The first-order chi connectivity index (χ1) is 8.95. The third-order valence-electron chi connectivity index (χ3n) is 3.53. The van der Waals surface area contributed by atoms with Crippen molar-refractivity contribution in [2.24, 2.45) is 0 Å². The lowest BCUT2D eigenvalue weighted by Crippen LogP contribution is -2.45. The molecule has 1 aliphatic carbocycles. The van der Waals surface area contributed by atoms with Gasteiger partial charge in [-0.3, -0.25) is 4.79 Å². The van der Waals surface area contributed by atoms with Gasteiger partial charge in [0.1, 0.15) is 0 Å². The molecule has 0 heterocycles. The number of nitrogens with one attached hydrogen (secondary N) is 1. The number of rotatable bonds is 6. The summed E-state index contributed by atoms with van der Waals surface area (Å²) in [4.78, 5) is 11.8. The molecule has 1 saturated carbocycles. The van der Waals surface area contributed by atoms with E-state index in [0.29, 0.717) is 6.54 Å². The molecule has 0 aromatic heterocycles. The quantitative estimate of drug-likeness (QED) is 0.754. The molecule has 19 heavy (non-hydrogen) atoms. The van der Waals surface area contributed by atoms with Crippen LogP contribution in [-0.2, 0) is 14.8 Å². The monoisotopic (exact) mass is 290 g/mol. The summed E-state index contributed by atoms with van der Waals surface area (Å²) in [5.41, 5.74) is 0. The Hall–Kier alpha value is -0.620. The van der Waals surface area contributed by atoms with Crippen molar-refractivity contribution in [2.75, 3.05) is 19.3 Å². The van der Waals surface area contributed by atoms with Gasteiger partial charge >= 0.3 is 0 Å². The number of amides is 1. The van der Waals surface area contributed by atoms with E-state index in [1.54, 1.807) is 0 Å². The van der Waals surface area contributed by atoms with Gasteiger partial charge in [0.05, 0.1) is 12.8 Å². The van der Waals surface area contributed by atoms with Gasteiger partial charge in [0, 0.05) is 12.6 Å². The van der Waals surface area contributed by atoms with Gasteiger partial charge < -0.3 is 5.32 Å². The minimum Gasteiger partial charge on any atom is -0.355 e. The average molecular weight is 290 g/mol. The first-order valence-electron chi connectivity index (χ1n) is 7.18. The van der Waals surface area contributed by atoms with Crippen LogP contribution in [0.15, 0.2) is 0 Å². The second kappa shape index (κ2) is 7.85. The molecule has 0 unspecified atom stereocenters. The SMILES string of the molecule is CCCNC(=O)CN(C1CCCCCC1)S(C)(=O)=O.